The van der Waals surface area contributed by atoms with Gasteiger partial charge in [0, 0.05) is 11.8 Å². The van der Waals surface area contributed by atoms with Crippen molar-refractivity contribution < 1.29 is 19.2 Å². The third-order valence-corrected chi connectivity index (χ3v) is 3.36. The summed E-state index contributed by atoms with van der Waals surface area (Å²) >= 11 is 2.97. The van der Waals surface area contributed by atoms with Gasteiger partial charge in [0.25, 0.3) is 5.43 Å². The molecule has 0 atom stereocenters. The Labute approximate surface area is 125 Å². The first-order valence-corrected chi connectivity index (χ1v) is 6.45. The summed E-state index contributed by atoms with van der Waals surface area (Å²) in [5.74, 6) is -1.02. The summed E-state index contributed by atoms with van der Waals surface area (Å²) in [6, 6.07) is 1.34. The second-order valence-corrected chi connectivity index (χ2v) is 5.10. The number of nitro groups is 1. The van der Waals surface area contributed by atoms with E-state index >= 15 is 0 Å². The van der Waals surface area contributed by atoms with Crippen LogP contribution >= 0.6 is 15.9 Å². The number of hydrogen-bond donors (Lipinski definition) is 1. The van der Waals surface area contributed by atoms with Gasteiger partial charge >= 0.3 is 11.7 Å². The summed E-state index contributed by atoms with van der Waals surface area (Å²) in [5.41, 5.74) is -0.729. The fourth-order valence-corrected chi connectivity index (χ4v) is 2.25. The molecule has 0 fully saturated rings. The summed E-state index contributed by atoms with van der Waals surface area (Å²) in [5, 5.41) is 19.7. The average Bonchev–Trinajstić information content (AvgIpc) is 2.75. The van der Waals surface area contributed by atoms with E-state index in [1.54, 1.807) is 6.92 Å². The van der Waals surface area contributed by atoms with Crippen molar-refractivity contribution >= 4 is 27.6 Å². The Hall–Kier alpha value is -2.42. The lowest BCUT2D eigenvalue weighted by Crippen LogP contribution is -2.13. The highest BCUT2D eigenvalue weighted by molar-refractivity contribution is 9.10. The van der Waals surface area contributed by atoms with E-state index < -0.39 is 22.0 Å². The molecule has 0 unspecified atom stereocenters. The van der Waals surface area contributed by atoms with E-state index in [0.717, 1.165) is 6.20 Å². The van der Waals surface area contributed by atoms with Crippen LogP contribution in [0.1, 0.15) is 21.9 Å². The molecule has 21 heavy (non-hydrogen) atoms. The number of rotatable bonds is 4. The average molecular weight is 357 g/mol. The van der Waals surface area contributed by atoms with E-state index in [1.807, 2.05) is 0 Å². The number of nitrogens with zero attached hydrogens (tertiary/aromatic N) is 2. The van der Waals surface area contributed by atoms with Gasteiger partial charge in [-0.05, 0) is 28.9 Å². The quantitative estimate of drug-likeness (QED) is 0.662. The molecule has 110 valence electrons. The highest BCUT2D eigenvalue weighted by atomic mass is 79.9. The minimum absolute atomic E-state index is 0.0521. The highest BCUT2D eigenvalue weighted by Crippen LogP contribution is 2.18. The number of carbonyl (C=O) groups is 1. The lowest BCUT2D eigenvalue weighted by atomic mass is 10.2. The van der Waals surface area contributed by atoms with Gasteiger partial charge in [-0.2, -0.15) is 0 Å². The van der Waals surface area contributed by atoms with E-state index in [0.29, 0.717) is 11.3 Å². The summed E-state index contributed by atoms with van der Waals surface area (Å²) in [6.45, 7) is 1.73. The van der Waals surface area contributed by atoms with Crippen LogP contribution in [-0.2, 0) is 6.54 Å². The highest BCUT2D eigenvalue weighted by Gasteiger charge is 2.18. The number of pyridine rings is 1. The molecule has 0 aliphatic carbocycles. The number of furan rings is 1. The number of halogens is 1. The van der Waals surface area contributed by atoms with Gasteiger partial charge in [0.15, 0.2) is 0 Å². The van der Waals surface area contributed by atoms with Crippen LogP contribution in [0.3, 0.4) is 0 Å². The minimum atomic E-state index is -1.20. The Morgan fingerprint density at radius 2 is 2.19 bits per heavy atom. The summed E-state index contributed by atoms with van der Waals surface area (Å²) in [6.07, 6.45) is 2.49. The first-order valence-electron chi connectivity index (χ1n) is 5.66. The Balaban J connectivity index is 2.43. The molecule has 0 radical (unpaired) electrons. The fourth-order valence-electron chi connectivity index (χ4n) is 1.78. The Morgan fingerprint density at radius 1 is 1.52 bits per heavy atom. The van der Waals surface area contributed by atoms with Crippen molar-refractivity contribution in [3.8, 4) is 0 Å². The zero-order valence-electron chi connectivity index (χ0n) is 10.7. The van der Waals surface area contributed by atoms with Crippen molar-refractivity contribution in [1.82, 2.24) is 4.57 Å². The van der Waals surface area contributed by atoms with Gasteiger partial charge in [-0.3, -0.25) is 14.9 Å². The van der Waals surface area contributed by atoms with Gasteiger partial charge in [0.05, 0.1) is 22.1 Å². The number of aromatic carboxylic acids is 1. The molecule has 0 aliphatic rings. The van der Waals surface area contributed by atoms with Crippen molar-refractivity contribution in [3.05, 3.63) is 60.4 Å². The Kier molecular flexibility index (Phi) is 3.94. The topological polar surface area (TPSA) is 116 Å². The van der Waals surface area contributed by atoms with Gasteiger partial charge in [0.2, 0.25) is 5.76 Å². The van der Waals surface area contributed by atoms with E-state index in [2.05, 4.69) is 15.9 Å². The maximum Gasteiger partial charge on any atom is 0.371 e. The number of carboxylic acid groups (broad SMARTS) is 1. The molecule has 2 rings (SSSR count). The van der Waals surface area contributed by atoms with Crippen LogP contribution in [0.25, 0.3) is 0 Å². The zero-order valence-corrected chi connectivity index (χ0v) is 12.3. The number of carboxylic acids is 1. The molecule has 0 amide bonds. The van der Waals surface area contributed by atoms with Crippen LogP contribution in [-0.4, -0.2) is 20.6 Å². The van der Waals surface area contributed by atoms with Crippen molar-refractivity contribution in [2.45, 2.75) is 13.5 Å². The van der Waals surface area contributed by atoms with E-state index in [1.165, 1.54) is 16.8 Å². The summed E-state index contributed by atoms with van der Waals surface area (Å²) < 4.78 is 6.52. The van der Waals surface area contributed by atoms with Gasteiger partial charge < -0.3 is 14.1 Å². The predicted molar refractivity (Wildman–Crippen MR) is 74.6 cm³/mol. The molecule has 9 heteroatoms. The third-order valence-electron chi connectivity index (χ3n) is 2.80. The molecule has 0 aliphatic heterocycles. The normalized spacial score (nSPS) is 10.6. The molecule has 8 nitrogen and oxygen atoms in total. The number of hydrogen-bond acceptors (Lipinski definition) is 5. The molecule has 0 spiro atoms. The van der Waals surface area contributed by atoms with E-state index in [9.17, 15) is 19.7 Å². The van der Waals surface area contributed by atoms with Crippen molar-refractivity contribution in [3.63, 3.8) is 0 Å². The van der Waals surface area contributed by atoms with Crippen LogP contribution < -0.4 is 5.43 Å². The van der Waals surface area contributed by atoms with Crippen molar-refractivity contribution in [2.75, 3.05) is 0 Å². The van der Waals surface area contributed by atoms with E-state index in [-0.39, 0.29) is 16.8 Å². The smallest absolute Gasteiger partial charge is 0.371 e. The van der Waals surface area contributed by atoms with E-state index in [4.69, 9.17) is 9.52 Å². The lowest BCUT2D eigenvalue weighted by molar-refractivity contribution is -0.386. The molecule has 2 aromatic heterocycles. The zero-order chi connectivity index (χ0) is 15.7. The monoisotopic (exact) mass is 356 g/mol. The van der Waals surface area contributed by atoms with Crippen LogP contribution in [0.2, 0.25) is 0 Å². The SMILES string of the molecule is Cc1oc(C(=O)O)cc1Cn1cc(Br)c(=O)c([N+](=O)[O-])c1. The first kappa shape index (κ1) is 15.0. The summed E-state index contributed by atoms with van der Waals surface area (Å²) in [7, 11) is 0. The molecule has 2 aromatic rings. The predicted octanol–water partition coefficient (Wildman–Crippen LogP) is 2.17. The minimum Gasteiger partial charge on any atom is -0.475 e. The molecule has 0 bridgehead atoms. The lowest BCUT2D eigenvalue weighted by Gasteiger charge is -2.05. The van der Waals surface area contributed by atoms with Gasteiger partial charge in [-0.1, -0.05) is 0 Å². The Bertz CT molecular complexity index is 792. The fraction of sp³-hybridized carbons (Fsp3) is 0.167. The van der Waals surface area contributed by atoms with Gasteiger partial charge in [-0.15, -0.1) is 0 Å². The van der Waals surface area contributed by atoms with Crippen molar-refractivity contribution in [1.29, 1.82) is 0 Å². The van der Waals surface area contributed by atoms with Crippen LogP contribution in [0.5, 0.6) is 0 Å². The second kappa shape index (κ2) is 5.52. The number of aryl methyl sites for hydroxylation is 1. The maximum atomic E-state index is 11.6. The second-order valence-electron chi connectivity index (χ2n) is 4.25. The largest absolute Gasteiger partial charge is 0.475 e. The summed E-state index contributed by atoms with van der Waals surface area (Å²) in [4.78, 5) is 32.4. The third kappa shape index (κ3) is 3.02. The maximum absolute atomic E-state index is 11.6. The number of aromatic nitrogens is 1. The van der Waals surface area contributed by atoms with Crippen LogP contribution in [0.4, 0.5) is 5.69 Å². The molecule has 0 aromatic carbocycles. The molecular formula is C12H9BrN2O6. The van der Waals surface area contributed by atoms with Crippen molar-refractivity contribution in [2.24, 2.45) is 0 Å². The first-order chi connectivity index (χ1) is 9.79. The molecule has 0 saturated carbocycles. The molecule has 0 saturated heterocycles. The Morgan fingerprint density at radius 3 is 2.71 bits per heavy atom. The molecule has 2 heterocycles. The van der Waals surface area contributed by atoms with Gasteiger partial charge in [0.1, 0.15) is 5.76 Å². The molecular weight excluding hydrogens is 348 g/mol. The van der Waals surface area contributed by atoms with Crippen LogP contribution in [0.15, 0.2) is 32.1 Å². The molecule has 1 N–H and O–H groups in total. The standard InChI is InChI=1S/C12H9BrN2O6/c1-6-7(2-10(21-6)12(17)18)3-14-4-8(13)11(16)9(5-14)15(19)20/h2,4-5H,3H2,1H3,(H,17,18). The van der Waals surface area contributed by atoms with Gasteiger partial charge in [-0.25, -0.2) is 4.79 Å². The van der Waals surface area contributed by atoms with Crippen LogP contribution in [0, 0.1) is 17.0 Å².